The zero-order valence-corrected chi connectivity index (χ0v) is 17.9. The van der Waals surface area contributed by atoms with Gasteiger partial charge in [-0.3, -0.25) is 14.9 Å². The number of amides is 1. The number of nitrogens with zero attached hydrogens (tertiary/aromatic N) is 2. The van der Waals surface area contributed by atoms with Gasteiger partial charge in [0.05, 0.1) is 0 Å². The molecular formula is C25H27N3O4. The lowest BCUT2D eigenvalue weighted by atomic mass is 9.77. The van der Waals surface area contributed by atoms with Gasteiger partial charge in [-0.25, -0.2) is 0 Å². The van der Waals surface area contributed by atoms with Gasteiger partial charge in [-0.05, 0) is 67.2 Å². The van der Waals surface area contributed by atoms with E-state index in [1.807, 2.05) is 54.6 Å². The van der Waals surface area contributed by atoms with Crippen molar-refractivity contribution in [3.63, 3.8) is 0 Å². The number of nitrogens with one attached hydrogen (secondary N) is 1. The normalized spacial score (nSPS) is 18.2. The predicted octanol–water partition coefficient (Wildman–Crippen LogP) is 5.05. The average Bonchev–Trinajstić information content (AvgIpc) is 3.25. The van der Waals surface area contributed by atoms with Crippen molar-refractivity contribution in [3.8, 4) is 0 Å². The van der Waals surface area contributed by atoms with Crippen LogP contribution in [-0.2, 0) is 11.2 Å². The molecule has 1 saturated carbocycles. The minimum Gasteiger partial charge on any atom is -0.481 e. The minimum atomic E-state index is -0.714. The molecule has 166 valence electrons. The Labute approximate surface area is 186 Å². The number of hydrogen-bond acceptors (Lipinski definition) is 5. The average molecular weight is 434 g/mol. The van der Waals surface area contributed by atoms with Gasteiger partial charge in [0.1, 0.15) is 0 Å². The van der Waals surface area contributed by atoms with E-state index < -0.39 is 5.97 Å². The van der Waals surface area contributed by atoms with Crippen molar-refractivity contribution in [2.45, 2.75) is 50.9 Å². The molecule has 0 saturated heterocycles. The lowest BCUT2D eigenvalue weighted by Gasteiger charge is -2.28. The first-order valence-electron chi connectivity index (χ1n) is 11.1. The summed E-state index contributed by atoms with van der Waals surface area (Å²) in [7, 11) is 0. The molecule has 0 unspecified atom stereocenters. The lowest BCUT2D eigenvalue weighted by Crippen LogP contribution is -2.15. The minimum absolute atomic E-state index is 0.0877. The van der Waals surface area contributed by atoms with Crippen LogP contribution in [0.5, 0.6) is 0 Å². The maximum atomic E-state index is 12.6. The quantitative estimate of drug-likeness (QED) is 0.515. The number of benzene rings is 2. The lowest BCUT2D eigenvalue weighted by molar-refractivity contribution is -0.137. The van der Waals surface area contributed by atoms with E-state index in [1.165, 1.54) is 5.56 Å². The van der Waals surface area contributed by atoms with Gasteiger partial charge in [-0.2, -0.15) is 4.98 Å². The Balaban J connectivity index is 1.29. The van der Waals surface area contributed by atoms with Crippen molar-refractivity contribution >= 4 is 17.9 Å². The van der Waals surface area contributed by atoms with Crippen molar-refractivity contribution in [2.24, 2.45) is 5.92 Å². The van der Waals surface area contributed by atoms with Gasteiger partial charge in [-0.15, -0.1) is 0 Å². The van der Waals surface area contributed by atoms with Gasteiger partial charge < -0.3 is 9.63 Å². The van der Waals surface area contributed by atoms with Crippen LogP contribution in [0.4, 0.5) is 6.01 Å². The van der Waals surface area contributed by atoms with E-state index in [9.17, 15) is 9.59 Å². The highest BCUT2D eigenvalue weighted by molar-refractivity contribution is 6.03. The van der Waals surface area contributed by atoms with E-state index in [-0.39, 0.29) is 18.3 Å². The van der Waals surface area contributed by atoms with Gasteiger partial charge in [0, 0.05) is 18.4 Å². The first-order chi connectivity index (χ1) is 15.6. The molecule has 2 aromatic carbocycles. The molecule has 3 aromatic rings. The third-order valence-corrected chi connectivity index (χ3v) is 6.15. The van der Waals surface area contributed by atoms with Crippen LogP contribution < -0.4 is 5.32 Å². The summed E-state index contributed by atoms with van der Waals surface area (Å²) >= 11 is 0. The fraction of sp³-hybridized carbons (Fsp3) is 0.360. The Bertz CT molecular complexity index is 1040. The summed E-state index contributed by atoms with van der Waals surface area (Å²) in [6.45, 7) is 0. The summed E-state index contributed by atoms with van der Waals surface area (Å²) in [5, 5.41) is 15.4. The standard InChI is InChI=1S/C25H27N3O4/c29-23(30)15-8-17-6-9-19(10-7-17)20-11-13-21(14-12-20)24(31)27-25-26-22(28-32-25)16-18-4-2-1-3-5-18/h1-5,11-14,17,19H,6-10,15-16H2,(H,29,30)(H,26,27,28,31). The Hall–Kier alpha value is -3.48. The predicted molar refractivity (Wildman–Crippen MR) is 120 cm³/mol. The fourth-order valence-electron chi connectivity index (χ4n) is 4.34. The Kier molecular flexibility index (Phi) is 6.94. The van der Waals surface area contributed by atoms with E-state index in [0.29, 0.717) is 29.6 Å². The van der Waals surface area contributed by atoms with Crippen molar-refractivity contribution in [3.05, 3.63) is 77.1 Å². The molecule has 0 spiro atoms. The number of aliphatic carboxylic acids is 1. The van der Waals surface area contributed by atoms with Crippen LogP contribution in [0, 0.1) is 5.92 Å². The summed E-state index contributed by atoms with van der Waals surface area (Å²) in [5.41, 5.74) is 2.82. The zero-order chi connectivity index (χ0) is 22.3. The summed E-state index contributed by atoms with van der Waals surface area (Å²) in [4.78, 5) is 27.6. The van der Waals surface area contributed by atoms with Crippen molar-refractivity contribution in [2.75, 3.05) is 5.32 Å². The van der Waals surface area contributed by atoms with E-state index in [1.54, 1.807) is 0 Å². The Morgan fingerprint density at radius 3 is 2.41 bits per heavy atom. The van der Waals surface area contributed by atoms with Crippen LogP contribution in [0.15, 0.2) is 59.1 Å². The van der Waals surface area contributed by atoms with Crippen molar-refractivity contribution in [1.82, 2.24) is 10.1 Å². The Morgan fingerprint density at radius 1 is 1.00 bits per heavy atom. The molecule has 1 heterocycles. The maximum absolute atomic E-state index is 12.6. The first-order valence-corrected chi connectivity index (χ1v) is 11.1. The number of anilines is 1. The van der Waals surface area contributed by atoms with Crippen LogP contribution in [0.25, 0.3) is 0 Å². The van der Waals surface area contributed by atoms with Crippen LogP contribution >= 0.6 is 0 Å². The first kappa shape index (κ1) is 21.7. The number of hydrogen-bond donors (Lipinski definition) is 2. The second-order valence-electron chi connectivity index (χ2n) is 8.40. The van der Waals surface area contributed by atoms with E-state index in [2.05, 4.69) is 15.5 Å². The van der Waals surface area contributed by atoms with Crippen LogP contribution in [0.1, 0.15) is 71.8 Å². The van der Waals surface area contributed by atoms with Crippen LogP contribution in [0.2, 0.25) is 0 Å². The van der Waals surface area contributed by atoms with Crippen molar-refractivity contribution < 1.29 is 19.2 Å². The molecule has 1 aliphatic carbocycles. The zero-order valence-electron chi connectivity index (χ0n) is 17.9. The molecule has 2 N–H and O–H groups in total. The molecule has 1 fully saturated rings. The monoisotopic (exact) mass is 433 g/mol. The van der Waals surface area contributed by atoms with E-state index in [0.717, 1.165) is 37.7 Å². The molecule has 32 heavy (non-hydrogen) atoms. The Morgan fingerprint density at radius 2 is 1.72 bits per heavy atom. The fourth-order valence-corrected chi connectivity index (χ4v) is 4.34. The molecular weight excluding hydrogens is 406 g/mol. The van der Waals surface area contributed by atoms with Crippen LogP contribution in [0.3, 0.4) is 0 Å². The summed E-state index contributed by atoms with van der Waals surface area (Å²) < 4.78 is 5.16. The molecule has 1 aliphatic rings. The number of rotatable bonds is 8. The molecule has 0 bridgehead atoms. The molecule has 4 rings (SSSR count). The summed E-state index contributed by atoms with van der Waals surface area (Å²) in [5.74, 6) is 0.483. The molecule has 1 aromatic heterocycles. The highest BCUT2D eigenvalue weighted by Gasteiger charge is 2.23. The molecule has 7 nitrogen and oxygen atoms in total. The third kappa shape index (κ3) is 5.81. The maximum Gasteiger partial charge on any atom is 0.328 e. The number of carboxylic acids is 1. The number of carbonyl (C=O) groups is 2. The van der Waals surface area contributed by atoms with E-state index >= 15 is 0 Å². The van der Waals surface area contributed by atoms with Gasteiger partial charge in [0.2, 0.25) is 0 Å². The van der Waals surface area contributed by atoms with Gasteiger partial charge in [0.15, 0.2) is 5.82 Å². The van der Waals surface area contributed by atoms with Gasteiger partial charge >= 0.3 is 12.0 Å². The second-order valence-corrected chi connectivity index (χ2v) is 8.40. The topological polar surface area (TPSA) is 105 Å². The van der Waals surface area contributed by atoms with Gasteiger partial charge in [0.25, 0.3) is 5.91 Å². The highest BCUT2D eigenvalue weighted by atomic mass is 16.5. The smallest absolute Gasteiger partial charge is 0.328 e. The van der Waals surface area contributed by atoms with Crippen molar-refractivity contribution in [1.29, 1.82) is 0 Å². The third-order valence-electron chi connectivity index (χ3n) is 6.15. The van der Waals surface area contributed by atoms with E-state index in [4.69, 9.17) is 9.63 Å². The van der Waals surface area contributed by atoms with Gasteiger partial charge in [-0.1, -0.05) is 47.6 Å². The largest absolute Gasteiger partial charge is 0.481 e. The molecule has 0 aliphatic heterocycles. The number of carbonyl (C=O) groups excluding carboxylic acids is 1. The summed E-state index contributed by atoms with van der Waals surface area (Å²) in [6.07, 6.45) is 5.79. The second kappa shape index (κ2) is 10.2. The summed E-state index contributed by atoms with van der Waals surface area (Å²) in [6, 6.07) is 17.6. The highest BCUT2D eigenvalue weighted by Crippen LogP contribution is 2.37. The molecule has 0 radical (unpaired) electrons. The molecule has 7 heteroatoms. The number of aromatic nitrogens is 2. The molecule has 0 atom stereocenters. The molecule has 1 amide bonds. The van der Waals surface area contributed by atoms with Crippen LogP contribution in [-0.4, -0.2) is 27.1 Å². The number of carboxylic acid groups (broad SMARTS) is 1. The SMILES string of the molecule is O=C(O)CCC1CCC(c2ccc(C(=O)Nc3nc(Cc4ccccc4)no3)cc2)CC1.